The summed E-state index contributed by atoms with van der Waals surface area (Å²) in [5.41, 5.74) is 6.15. The van der Waals surface area contributed by atoms with Gasteiger partial charge in [-0.25, -0.2) is 4.79 Å². The van der Waals surface area contributed by atoms with Crippen LogP contribution in [0.2, 0.25) is 0 Å². The number of carbonyl (C=O) groups is 3. The smallest absolute Gasteiger partial charge is 0.409 e. The van der Waals surface area contributed by atoms with Crippen molar-refractivity contribution in [3.8, 4) is 11.5 Å². The second kappa shape index (κ2) is 9.78. The Balaban J connectivity index is 1.50. The van der Waals surface area contributed by atoms with Crippen molar-refractivity contribution >= 4 is 17.9 Å². The molecule has 3 rings (SSSR count). The van der Waals surface area contributed by atoms with E-state index >= 15 is 0 Å². The number of rotatable bonds is 6. The maximum Gasteiger partial charge on any atom is 0.409 e. The van der Waals surface area contributed by atoms with Gasteiger partial charge in [0, 0.05) is 30.3 Å². The predicted molar refractivity (Wildman–Crippen MR) is 111 cm³/mol. The molecule has 1 heterocycles. The molecule has 1 fully saturated rings. The van der Waals surface area contributed by atoms with E-state index in [9.17, 15) is 14.4 Å². The van der Waals surface area contributed by atoms with Gasteiger partial charge in [-0.2, -0.15) is 0 Å². The fraction of sp³-hybridized carbons (Fsp3) is 0.318. The standard InChI is InChI=1S/C22H25N3O5/c1-2-29-22(28)25-13-11-17(12-14-25)24-21(27)16-5-9-19(10-6-16)30-18-7-3-15(4-8-18)20(23)26/h3-10,17H,2,11-14H2,1H3,(H2,23,26)(H,24,27). The Labute approximate surface area is 174 Å². The minimum atomic E-state index is -0.497. The van der Waals surface area contributed by atoms with Crippen LogP contribution in [0.3, 0.4) is 0 Å². The van der Waals surface area contributed by atoms with Gasteiger partial charge in [0.05, 0.1) is 6.61 Å². The third-order valence-electron chi connectivity index (χ3n) is 4.85. The topological polar surface area (TPSA) is 111 Å². The monoisotopic (exact) mass is 411 g/mol. The Kier molecular flexibility index (Phi) is 6.90. The molecule has 30 heavy (non-hydrogen) atoms. The van der Waals surface area contributed by atoms with E-state index in [2.05, 4.69) is 5.32 Å². The van der Waals surface area contributed by atoms with Crippen molar-refractivity contribution in [3.63, 3.8) is 0 Å². The van der Waals surface area contributed by atoms with Gasteiger partial charge in [-0.1, -0.05) is 0 Å². The van der Waals surface area contributed by atoms with E-state index in [0.717, 1.165) is 0 Å². The Morgan fingerprint density at radius 2 is 1.50 bits per heavy atom. The molecule has 1 aliphatic heterocycles. The van der Waals surface area contributed by atoms with Gasteiger partial charge >= 0.3 is 6.09 Å². The molecule has 0 unspecified atom stereocenters. The van der Waals surface area contributed by atoms with Crippen molar-refractivity contribution in [2.75, 3.05) is 19.7 Å². The molecule has 1 saturated heterocycles. The van der Waals surface area contributed by atoms with Crippen LogP contribution in [0.5, 0.6) is 11.5 Å². The van der Waals surface area contributed by atoms with Gasteiger partial charge in [0.15, 0.2) is 0 Å². The summed E-state index contributed by atoms with van der Waals surface area (Å²) in [6.07, 6.45) is 1.07. The summed E-state index contributed by atoms with van der Waals surface area (Å²) in [7, 11) is 0. The summed E-state index contributed by atoms with van der Waals surface area (Å²) in [5, 5.41) is 3.01. The lowest BCUT2D eigenvalue weighted by molar-refractivity contribution is 0.0859. The van der Waals surface area contributed by atoms with E-state index in [1.54, 1.807) is 60.4 Å². The first kappa shape index (κ1) is 21.2. The number of piperidine rings is 1. The van der Waals surface area contributed by atoms with Crippen molar-refractivity contribution in [2.45, 2.75) is 25.8 Å². The van der Waals surface area contributed by atoms with Crippen molar-refractivity contribution < 1.29 is 23.9 Å². The second-order valence-corrected chi connectivity index (χ2v) is 6.95. The molecule has 0 spiro atoms. The third kappa shape index (κ3) is 5.50. The number of nitrogens with two attached hydrogens (primary N) is 1. The van der Waals surface area contributed by atoms with Crippen LogP contribution in [-0.4, -0.2) is 48.5 Å². The quantitative estimate of drug-likeness (QED) is 0.759. The molecule has 2 aromatic carbocycles. The van der Waals surface area contributed by atoms with Gasteiger partial charge < -0.3 is 25.4 Å². The zero-order chi connectivity index (χ0) is 21.5. The molecule has 0 aromatic heterocycles. The lowest BCUT2D eigenvalue weighted by Crippen LogP contribution is -2.46. The highest BCUT2D eigenvalue weighted by Gasteiger charge is 2.24. The summed E-state index contributed by atoms with van der Waals surface area (Å²) in [4.78, 5) is 37.0. The summed E-state index contributed by atoms with van der Waals surface area (Å²) >= 11 is 0. The molecule has 0 bridgehead atoms. The van der Waals surface area contributed by atoms with E-state index in [0.29, 0.717) is 55.2 Å². The fourth-order valence-corrected chi connectivity index (χ4v) is 3.19. The van der Waals surface area contributed by atoms with Crippen LogP contribution in [-0.2, 0) is 4.74 Å². The predicted octanol–water partition coefficient (Wildman–Crippen LogP) is 2.93. The van der Waals surface area contributed by atoms with Gasteiger partial charge in [0.1, 0.15) is 11.5 Å². The average molecular weight is 411 g/mol. The van der Waals surface area contributed by atoms with Crippen molar-refractivity contribution in [1.29, 1.82) is 0 Å². The van der Waals surface area contributed by atoms with Crippen LogP contribution < -0.4 is 15.8 Å². The Hall–Kier alpha value is -3.55. The number of hydrogen-bond acceptors (Lipinski definition) is 5. The summed E-state index contributed by atoms with van der Waals surface area (Å²) in [6.45, 7) is 3.25. The molecule has 0 saturated carbocycles. The lowest BCUT2D eigenvalue weighted by atomic mass is 10.0. The van der Waals surface area contributed by atoms with Gasteiger partial charge in [0.2, 0.25) is 5.91 Å². The van der Waals surface area contributed by atoms with Crippen molar-refractivity contribution in [2.24, 2.45) is 5.73 Å². The first-order chi connectivity index (χ1) is 14.5. The molecule has 158 valence electrons. The molecule has 0 atom stereocenters. The number of nitrogens with zero attached hydrogens (tertiary/aromatic N) is 1. The van der Waals surface area contributed by atoms with Crippen LogP contribution in [0.1, 0.15) is 40.5 Å². The molecule has 3 amide bonds. The van der Waals surface area contributed by atoms with E-state index in [1.807, 2.05) is 0 Å². The van der Waals surface area contributed by atoms with Crippen molar-refractivity contribution in [3.05, 3.63) is 59.7 Å². The highest BCUT2D eigenvalue weighted by Crippen LogP contribution is 2.22. The number of ether oxygens (including phenoxy) is 2. The van der Waals surface area contributed by atoms with Crippen LogP contribution in [0.25, 0.3) is 0 Å². The summed E-state index contributed by atoms with van der Waals surface area (Å²) < 4.78 is 10.7. The molecule has 2 aromatic rings. The fourth-order valence-electron chi connectivity index (χ4n) is 3.19. The SMILES string of the molecule is CCOC(=O)N1CCC(NC(=O)c2ccc(Oc3ccc(C(N)=O)cc3)cc2)CC1. The minimum Gasteiger partial charge on any atom is -0.457 e. The van der Waals surface area contributed by atoms with Crippen molar-refractivity contribution in [1.82, 2.24) is 10.2 Å². The number of primary amides is 1. The highest BCUT2D eigenvalue weighted by molar-refractivity contribution is 5.94. The normalized spacial score (nSPS) is 14.1. The minimum absolute atomic E-state index is 0.0165. The van der Waals surface area contributed by atoms with E-state index in [1.165, 1.54) is 0 Å². The van der Waals surface area contributed by atoms with E-state index in [4.69, 9.17) is 15.2 Å². The zero-order valence-corrected chi connectivity index (χ0v) is 16.8. The van der Waals surface area contributed by atoms with Crippen LogP contribution in [0, 0.1) is 0 Å². The summed E-state index contributed by atoms with van der Waals surface area (Å²) in [6, 6.07) is 13.3. The molecule has 0 aliphatic carbocycles. The first-order valence-electron chi connectivity index (χ1n) is 9.86. The maximum absolute atomic E-state index is 12.5. The second-order valence-electron chi connectivity index (χ2n) is 6.95. The average Bonchev–Trinajstić information content (AvgIpc) is 2.75. The number of amides is 3. The zero-order valence-electron chi connectivity index (χ0n) is 16.8. The van der Waals surface area contributed by atoms with Gasteiger partial charge in [-0.15, -0.1) is 0 Å². The molecular weight excluding hydrogens is 386 g/mol. The van der Waals surface area contributed by atoms with E-state index < -0.39 is 5.91 Å². The molecule has 0 radical (unpaired) electrons. The molecule has 1 aliphatic rings. The highest BCUT2D eigenvalue weighted by atomic mass is 16.6. The van der Waals surface area contributed by atoms with E-state index in [-0.39, 0.29) is 18.0 Å². The number of likely N-dealkylation sites (tertiary alicyclic amines) is 1. The van der Waals surface area contributed by atoms with Gasteiger partial charge in [-0.05, 0) is 68.3 Å². The summed E-state index contributed by atoms with van der Waals surface area (Å²) in [5.74, 6) is 0.470. The number of hydrogen-bond donors (Lipinski definition) is 2. The van der Waals surface area contributed by atoms with Gasteiger partial charge in [-0.3, -0.25) is 9.59 Å². The maximum atomic E-state index is 12.5. The Morgan fingerprint density at radius 3 is 2.00 bits per heavy atom. The molecule has 3 N–H and O–H groups in total. The molecule has 8 nitrogen and oxygen atoms in total. The molecule has 8 heteroatoms. The van der Waals surface area contributed by atoms with Crippen LogP contribution in [0.4, 0.5) is 4.79 Å². The van der Waals surface area contributed by atoms with Crippen LogP contribution in [0.15, 0.2) is 48.5 Å². The third-order valence-corrected chi connectivity index (χ3v) is 4.85. The number of benzene rings is 2. The molecular formula is C22H25N3O5. The van der Waals surface area contributed by atoms with Crippen LogP contribution >= 0.6 is 0 Å². The number of carbonyl (C=O) groups excluding carboxylic acids is 3. The first-order valence-corrected chi connectivity index (χ1v) is 9.86. The Bertz CT molecular complexity index is 888. The number of nitrogens with one attached hydrogen (secondary N) is 1. The lowest BCUT2D eigenvalue weighted by Gasteiger charge is -2.31. The largest absolute Gasteiger partial charge is 0.457 e. The van der Waals surface area contributed by atoms with Gasteiger partial charge in [0.25, 0.3) is 5.91 Å². The Morgan fingerprint density at radius 1 is 0.967 bits per heavy atom.